The van der Waals surface area contributed by atoms with Crippen LogP contribution in [0.25, 0.3) is 0 Å². The van der Waals surface area contributed by atoms with Crippen LogP contribution in [-0.4, -0.2) is 15.9 Å². The van der Waals surface area contributed by atoms with Crippen LogP contribution in [0.5, 0.6) is 0 Å². The van der Waals surface area contributed by atoms with Gasteiger partial charge >= 0.3 is 0 Å². The molecule has 1 aromatic rings. The minimum atomic E-state index is -0.0690. The highest BCUT2D eigenvalue weighted by atomic mass is 16.1. The summed E-state index contributed by atoms with van der Waals surface area (Å²) in [6.45, 7) is 6.69. The van der Waals surface area contributed by atoms with E-state index in [1.54, 1.807) is 6.20 Å². The van der Waals surface area contributed by atoms with Crippen molar-refractivity contribution in [3.05, 3.63) is 23.3 Å². The Morgan fingerprint density at radius 1 is 1.43 bits per heavy atom. The number of fused-ring (bicyclic) bond motifs is 1. The molecular weight excluding hydrogens is 178 g/mol. The Morgan fingerprint density at radius 3 is 2.79 bits per heavy atom. The number of carbonyl (C=O) groups is 1. The molecule has 0 saturated heterocycles. The molecule has 1 aliphatic rings. The number of nitrogens with one attached hydrogen (secondary N) is 1. The Kier molecular flexibility index (Phi) is 1.80. The summed E-state index contributed by atoms with van der Waals surface area (Å²) in [7, 11) is 0. The van der Waals surface area contributed by atoms with Gasteiger partial charge in [-0.25, -0.2) is 9.97 Å². The zero-order valence-electron chi connectivity index (χ0n) is 8.59. The molecule has 1 aliphatic heterocycles. The molecule has 0 saturated carbocycles. The van der Waals surface area contributed by atoms with Crippen LogP contribution in [0.4, 0.5) is 0 Å². The van der Waals surface area contributed by atoms with E-state index in [2.05, 4.69) is 36.1 Å². The predicted molar refractivity (Wildman–Crippen MR) is 51.9 cm³/mol. The van der Waals surface area contributed by atoms with Gasteiger partial charge in [0.05, 0.1) is 17.8 Å². The molecule has 0 radical (unpaired) electrons. The van der Waals surface area contributed by atoms with E-state index in [1.165, 1.54) is 0 Å². The first kappa shape index (κ1) is 9.12. The van der Waals surface area contributed by atoms with E-state index in [4.69, 9.17) is 0 Å². The Hall–Kier alpha value is -1.45. The fourth-order valence-corrected chi connectivity index (χ4v) is 1.36. The second-order valence-electron chi connectivity index (χ2n) is 4.49. The van der Waals surface area contributed by atoms with Gasteiger partial charge in [0, 0.05) is 11.6 Å². The summed E-state index contributed by atoms with van der Waals surface area (Å²) in [4.78, 5) is 19.8. The van der Waals surface area contributed by atoms with Crippen LogP contribution < -0.4 is 5.32 Å². The third kappa shape index (κ3) is 1.36. The molecule has 4 heteroatoms. The Balaban J connectivity index is 2.47. The number of hydrogen-bond acceptors (Lipinski definition) is 3. The van der Waals surface area contributed by atoms with E-state index in [9.17, 15) is 4.79 Å². The predicted octanol–water partition coefficient (Wildman–Crippen LogP) is 1.02. The molecule has 0 fully saturated rings. The second-order valence-corrected chi connectivity index (χ2v) is 4.49. The van der Waals surface area contributed by atoms with E-state index >= 15 is 0 Å². The van der Waals surface area contributed by atoms with Gasteiger partial charge in [0.1, 0.15) is 5.82 Å². The maximum atomic E-state index is 11.2. The molecule has 0 aliphatic carbocycles. The lowest BCUT2D eigenvalue weighted by Crippen LogP contribution is -2.17. The molecule has 0 aromatic carbocycles. The highest BCUT2D eigenvalue weighted by molar-refractivity contribution is 5.97. The number of amides is 1. The second kappa shape index (κ2) is 2.77. The van der Waals surface area contributed by atoms with E-state index in [0.717, 1.165) is 11.5 Å². The van der Waals surface area contributed by atoms with Crippen molar-refractivity contribution in [2.45, 2.75) is 32.7 Å². The van der Waals surface area contributed by atoms with Crippen molar-refractivity contribution in [3.8, 4) is 0 Å². The van der Waals surface area contributed by atoms with Crippen molar-refractivity contribution in [1.29, 1.82) is 0 Å². The lowest BCUT2D eigenvalue weighted by molar-refractivity contribution is 0.0965. The van der Waals surface area contributed by atoms with Gasteiger partial charge in [-0.3, -0.25) is 4.79 Å². The molecule has 0 spiro atoms. The van der Waals surface area contributed by atoms with E-state index in [-0.39, 0.29) is 11.3 Å². The SMILES string of the molecule is CC(C)(C)c1ncc2c(n1)CNC2=O. The molecule has 14 heavy (non-hydrogen) atoms. The molecule has 2 rings (SSSR count). The van der Waals surface area contributed by atoms with Crippen LogP contribution in [0.2, 0.25) is 0 Å². The van der Waals surface area contributed by atoms with Crippen molar-refractivity contribution in [2.24, 2.45) is 0 Å². The van der Waals surface area contributed by atoms with Crippen LogP contribution in [0.1, 0.15) is 42.6 Å². The lowest BCUT2D eigenvalue weighted by atomic mass is 9.95. The minimum Gasteiger partial charge on any atom is -0.346 e. The summed E-state index contributed by atoms with van der Waals surface area (Å²) in [5.41, 5.74) is 1.36. The van der Waals surface area contributed by atoms with E-state index in [1.807, 2.05) is 0 Å². The lowest BCUT2D eigenvalue weighted by Gasteiger charge is -2.16. The number of aromatic nitrogens is 2. The zero-order valence-corrected chi connectivity index (χ0v) is 8.59. The molecule has 4 nitrogen and oxygen atoms in total. The molecule has 0 bridgehead atoms. The smallest absolute Gasteiger partial charge is 0.255 e. The van der Waals surface area contributed by atoms with Crippen molar-refractivity contribution in [1.82, 2.24) is 15.3 Å². The van der Waals surface area contributed by atoms with Gasteiger partial charge in [-0.2, -0.15) is 0 Å². The molecule has 2 heterocycles. The van der Waals surface area contributed by atoms with Gasteiger partial charge in [-0.15, -0.1) is 0 Å². The van der Waals surface area contributed by atoms with Crippen molar-refractivity contribution >= 4 is 5.91 Å². The summed E-state index contributed by atoms with van der Waals surface area (Å²) in [5.74, 6) is 0.716. The normalized spacial score (nSPS) is 15.2. The number of carbonyl (C=O) groups excluding carboxylic acids is 1. The Morgan fingerprint density at radius 2 is 2.14 bits per heavy atom. The summed E-state index contributed by atoms with van der Waals surface area (Å²) >= 11 is 0. The van der Waals surface area contributed by atoms with Gasteiger partial charge in [-0.1, -0.05) is 20.8 Å². The van der Waals surface area contributed by atoms with Crippen LogP contribution in [-0.2, 0) is 12.0 Å². The van der Waals surface area contributed by atoms with Gasteiger partial charge in [0.25, 0.3) is 5.91 Å². The fraction of sp³-hybridized carbons (Fsp3) is 0.500. The Bertz CT molecular complexity index is 393. The van der Waals surface area contributed by atoms with Gasteiger partial charge in [0.15, 0.2) is 0 Å². The van der Waals surface area contributed by atoms with Crippen LogP contribution >= 0.6 is 0 Å². The quantitative estimate of drug-likeness (QED) is 0.666. The minimum absolute atomic E-state index is 0.0688. The maximum Gasteiger partial charge on any atom is 0.255 e. The molecule has 1 aromatic heterocycles. The fourth-order valence-electron chi connectivity index (χ4n) is 1.36. The van der Waals surface area contributed by atoms with Crippen LogP contribution in [0.15, 0.2) is 6.20 Å². The van der Waals surface area contributed by atoms with Crippen LogP contribution in [0, 0.1) is 0 Å². The first-order valence-corrected chi connectivity index (χ1v) is 4.63. The number of hydrogen-bond donors (Lipinski definition) is 1. The highest BCUT2D eigenvalue weighted by Crippen LogP contribution is 2.20. The molecular formula is C10H13N3O. The third-order valence-corrected chi connectivity index (χ3v) is 2.20. The summed E-state index contributed by atoms with van der Waals surface area (Å²) in [6, 6.07) is 0. The highest BCUT2D eigenvalue weighted by Gasteiger charge is 2.24. The molecule has 74 valence electrons. The zero-order chi connectivity index (χ0) is 10.3. The molecule has 0 unspecified atom stereocenters. The van der Waals surface area contributed by atoms with E-state index < -0.39 is 0 Å². The average Bonchev–Trinajstić information content (AvgIpc) is 2.46. The summed E-state index contributed by atoms with van der Waals surface area (Å²) in [6.07, 6.45) is 1.62. The average molecular weight is 191 g/mol. The van der Waals surface area contributed by atoms with Crippen molar-refractivity contribution in [2.75, 3.05) is 0 Å². The third-order valence-electron chi connectivity index (χ3n) is 2.20. The first-order chi connectivity index (χ1) is 6.48. The standard InChI is InChI=1S/C10H13N3O/c1-10(2,3)9-12-4-6-7(13-9)5-11-8(6)14/h4H,5H2,1-3H3,(H,11,14). The Labute approximate surface area is 82.8 Å². The number of nitrogens with zero attached hydrogens (tertiary/aromatic N) is 2. The largest absolute Gasteiger partial charge is 0.346 e. The topological polar surface area (TPSA) is 54.9 Å². The van der Waals surface area contributed by atoms with Gasteiger partial charge in [-0.05, 0) is 0 Å². The monoisotopic (exact) mass is 191 g/mol. The number of rotatable bonds is 0. The van der Waals surface area contributed by atoms with Crippen molar-refractivity contribution < 1.29 is 4.79 Å². The van der Waals surface area contributed by atoms with Crippen LogP contribution in [0.3, 0.4) is 0 Å². The maximum absolute atomic E-state index is 11.2. The van der Waals surface area contributed by atoms with E-state index in [0.29, 0.717) is 12.1 Å². The summed E-state index contributed by atoms with van der Waals surface area (Å²) in [5, 5.41) is 2.72. The van der Waals surface area contributed by atoms with Gasteiger partial charge in [0.2, 0.25) is 0 Å². The summed E-state index contributed by atoms with van der Waals surface area (Å²) < 4.78 is 0. The first-order valence-electron chi connectivity index (χ1n) is 4.63. The van der Waals surface area contributed by atoms with Crippen molar-refractivity contribution in [3.63, 3.8) is 0 Å². The van der Waals surface area contributed by atoms with Gasteiger partial charge < -0.3 is 5.32 Å². The molecule has 1 N–H and O–H groups in total. The molecule has 1 amide bonds. The molecule has 0 atom stereocenters.